The maximum Gasteiger partial charge on any atom is 0.0546 e. The number of anilines is 3. The minimum absolute atomic E-state index is 1.12. The molecule has 8 aromatic carbocycles. The molecule has 0 unspecified atom stereocenters. The molecule has 0 saturated heterocycles. The van der Waals surface area contributed by atoms with E-state index in [1.165, 1.54) is 54.9 Å². The van der Waals surface area contributed by atoms with Crippen molar-refractivity contribution in [3.63, 3.8) is 0 Å². The summed E-state index contributed by atoms with van der Waals surface area (Å²) in [4.78, 5) is 2.40. The molecule has 45 heavy (non-hydrogen) atoms. The zero-order valence-electron chi connectivity index (χ0n) is 24.8. The van der Waals surface area contributed by atoms with Gasteiger partial charge in [0.15, 0.2) is 0 Å². The van der Waals surface area contributed by atoms with Gasteiger partial charge in [0.25, 0.3) is 0 Å². The molecule has 1 heteroatoms. The SMILES string of the molecule is c1ccc(-c2ccc(N(c3ccccc3)c3cccc4c(-c5ccccc5)c(-c5ccccc5)c5ccccc5c34)cc2)cc1. The standard InChI is InChI=1S/C44H31N/c1-5-16-32(17-6-1)33-28-30-37(31-29-33)45(36-22-11-4-12-23-36)41-27-15-26-40-43(35-20-9-3-10-21-35)42(34-18-7-2-8-19-34)38-24-13-14-25-39(38)44(40)41/h1-31H. The average Bonchev–Trinajstić information content (AvgIpc) is 3.13. The lowest BCUT2D eigenvalue weighted by molar-refractivity contribution is 1.30. The summed E-state index contributed by atoms with van der Waals surface area (Å²) in [5.41, 5.74) is 10.8. The minimum Gasteiger partial charge on any atom is -0.310 e. The number of benzene rings is 8. The van der Waals surface area contributed by atoms with Crippen molar-refractivity contribution in [3.8, 4) is 33.4 Å². The first-order valence-electron chi connectivity index (χ1n) is 15.5. The van der Waals surface area contributed by atoms with E-state index in [1.54, 1.807) is 0 Å². The van der Waals surface area contributed by atoms with Crippen LogP contribution in [0.5, 0.6) is 0 Å². The molecule has 8 rings (SSSR count). The Balaban J connectivity index is 1.45. The molecule has 0 saturated carbocycles. The first-order valence-corrected chi connectivity index (χ1v) is 15.5. The van der Waals surface area contributed by atoms with E-state index >= 15 is 0 Å². The lowest BCUT2D eigenvalue weighted by Crippen LogP contribution is -2.10. The largest absolute Gasteiger partial charge is 0.310 e. The highest BCUT2D eigenvalue weighted by Crippen LogP contribution is 2.49. The normalized spacial score (nSPS) is 11.1. The second kappa shape index (κ2) is 11.6. The molecule has 0 amide bonds. The smallest absolute Gasteiger partial charge is 0.0546 e. The third-order valence-electron chi connectivity index (χ3n) is 8.64. The van der Waals surface area contributed by atoms with E-state index in [1.807, 2.05) is 0 Å². The van der Waals surface area contributed by atoms with Crippen molar-refractivity contribution in [3.05, 3.63) is 188 Å². The van der Waals surface area contributed by atoms with Crippen molar-refractivity contribution in [2.75, 3.05) is 4.90 Å². The van der Waals surface area contributed by atoms with Crippen molar-refractivity contribution >= 4 is 38.6 Å². The van der Waals surface area contributed by atoms with E-state index < -0.39 is 0 Å². The van der Waals surface area contributed by atoms with Gasteiger partial charge in [-0.25, -0.2) is 0 Å². The summed E-state index contributed by atoms with van der Waals surface area (Å²) < 4.78 is 0. The molecule has 0 heterocycles. The third-order valence-corrected chi connectivity index (χ3v) is 8.64. The summed E-state index contributed by atoms with van der Waals surface area (Å²) in [6.45, 7) is 0. The Bertz CT molecular complexity index is 2220. The zero-order valence-corrected chi connectivity index (χ0v) is 24.8. The summed E-state index contributed by atoms with van der Waals surface area (Å²) in [7, 11) is 0. The molecule has 0 atom stereocenters. The maximum atomic E-state index is 2.40. The zero-order chi connectivity index (χ0) is 30.0. The summed E-state index contributed by atoms with van der Waals surface area (Å²) in [5, 5.41) is 4.96. The van der Waals surface area contributed by atoms with E-state index in [2.05, 4.69) is 193 Å². The summed E-state index contributed by atoms with van der Waals surface area (Å²) >= 11 is 0. The van der Waals surface area contributed by atoms with Gasteiger partial charge in [-0.05, 0) is 79.9 Å². The van der Waals surface area contributed by atoms with Gasteiger partial charge in [-0.2, -0.15) is 0 Å². The highest BCUT2D eigenvalue weighted by molar-refractivity contribution is 6.25. The number of para-hydroxylation sites is 1. The average molecular weight is 574 g/mol. The number of rotatable bonds is 6. The first-order chi connectivity index (χ1) is 22.4. The van der Waals surface area contributed by atoms with Gasteiger partial charge < -0.3 is 4.90 Å². The predicted molar refractivity (Wildman–Crippen MR) is 192 cm³/mol. The molecule has 0 aliphatic carbocycles. The van der Waals surface area contributed by atoms with Crippen LogP contribution < -0.4 is 4.90 Å². The van der Waals surface area contributed by atoms with Crippen molar-refractivity contribution < 1.29 is 0 Å². The van der Waals surface area contributed by atoms with Crippen LogP contribution in [0, 0.1) is 0 Å². The fourth-order valence-electron chi connectivity index (χ4n) is 6.65. The van der Waals surface area contributed by atoms with Crippen LogP contribution in [0.25, 0.3) is 54.9 Å². The third kappa shape index (κ3) is 4.85. The minimum atomic E-state index is 1.12. The lowest BCUT2D eigenvalue weighted by atomic mass is 9.84. The molecular weight excluding hydrogens is 542 g/mol. The van der Waals surface area contributed by atoms with Gasteiger partial charge in [0, 0.05) is 16.8 Å². The molecule has 0 N–H and O–H groups in total. The Hall–Kier alpha value is -5.92. The van der Waals surface area contributed by atoms with Crippen LogP contribution in [0.1, 0.15) is 0 Å². The van der Waals surface area contributed by atoms with Crippen LogP contribution in [0.3, 0.4) is 0 Å². The van der Waals surface area contributed by atoms with E-state index in [-0.39, 0.29) is 0 Å². The van der Waals surface area contributed by atoms with Gasteiger partial charge in [-0.1, -0.05) is 158 Å². The Morgan fingerprint density at radius 1 is 0.267 bits per heavy atom. The van der Waals surface area contributed by atoms with E-state index in [9.17, 15) is 0 Å². The predicted octanol–water partition coefficient (Wildman–Crippen LogP) is 12.5. The number of nitrogens with zero attached hydrogens (tertiary/aromatic N) is 1. The summed E-state index contributed by atoms with van der Waals surface area (Å²) in [6, 6.07) is 67.6. The monoisotopic (exact) mass is 573 g/mol. The van der Waals surface area contributed by atoms with Crippen molar-refractivity contribution in [2.24, 2.45) is 0 Å². The number of hydrogen-bond acceptors (Lipinski definition) is 1. The van der Waals surface area contributed by atoms with E-state index in [4.69, 9.17) is 0 Å². The summed E-state index contributed by atoms with van der Waals surface area (Å²) in [6.07, 6.45) is 0. The van der Waals surface area contributed by atoms with Gasteiger partial charge in [0.1, 0.15) is 0 Å². The molecule has 0 bridgehead atoms. The summed E-state index contributed by atoms with van der Waals surface area (Å²) in [5.74, 6) is 0. The Morgan fingerprint density at radius 3 is 1.29 bits per heavy atom. The molecule has 0 spiro atoms. The van der Waals surface area contributed by atoms with Crippen molar-refractivity contribution in [1.82, 2.24) is 0 Å². The van der Waals surface area contributed by atoms with Gasteiger partial charge in [0.05, 0.1) is 5.69 Å². The van der Waals surface area contributed by atoms with Crippen LogP contribution in [-0.4, -0.2) is 0 Å². The highest BCUT2D eigenvalue weighted by Gasteiger charge is 2.22. The Kier molecular flexibility index (Phi) is 6.90. The van der Waals surface area contributed by atoms with Gasteiger partial charge in [0.2, 0.25) is 0 Å². The molecule has 212 valence electrons. The Labute approximate surface area is 264 Å². The molecule has 0 aliphatic rings. The van der Waals surface area contributed by atoms with Crippen molar-refractivity contribution in [1.29, 1.82) is 0 Å². The Morgan fingerprint density at radius 2 is 0.689 bits per heavy atom. The van der Waals surface area contributed by atoms with Crippen LogP contribution >= 0.6 is 0 Å². The molecule has 1 nitrogen and oxygen atoms in total. The lowest BCUT2D eigenvalue weighted by Gasteiger charge is -2.29. The molecule has 0 aliphatic heterocycles. The van der Waals surface area contributed by atoms with Crippen LogP contribution in [0.15, 0.2) is 188 Å². The molecule has 0 fully saturated rings. The van der Waals surface area contributed by atoms with Crippen LogP contribution in [0.2, 0.25) is 0 Å². The second-order valence-electron chi connectivity index (χ2n) is 11.3. The van der Waals surface area contributed by atoms with E-state index in [0.717, 1.165) is 17.1 Å². The molecule has 8 aromatic rings. The van der Waals surface area contributed by atoms with Gasteiger partial charge in [-0.3, -0.25) is 0 Å². The maximum absolute atomic E-state index is 2.40. The van der Waals surface area contributed by atoms with E-state index in [0.29, 0.717) is 0 Å². The fourth-order valence-corrected chi connectivity index (χ4v) is 6.65. The molecule has 0 radical (unpaired) electrons. The highest BCUT2D eigenvalue weighted by atomic mass is 15.1. The topological polar surface area (TPSA) is 3.24 Å². The molecule has 0 aromatic heterocycles. The number of hydrogen-bond donors (Lipinski definition) is 0. The van der Waals surface area contributed by atoms with Gasteiger partial charge in [-0.15, -0.1) is 0 Å². The van der Waals surface area contributed by atoms with Crippen molar-refractivity contribution in [2.45, 2.75) is 0 Å². The number of fused-ring (bicyclic) bond motifs is 3. The van der Waals surface area contributed by atoms with Gasteiger partial charge >= 0.3 is 0 Å². The quantitative estimate of drug-likeness (QED) is 0.179. The second-order valence-corrected chi connectivity index (χ2v) is 11.3. The first kappa shape index (κ1) is 26.7. The fraction of sp³-hybridized carbons (Fsp3) is 0. The van der Waals surface area contributed by atoms with Crippen LogP contribution in [0.4, 0.5) is 17.1 Å². The van der Waals surface area contributed by atoms with Crippen LogP contribution in [-0.2, 0) is 0 Å². The molecular formula is C44H31N.